The van der Waals surface area contributed by atoms with Crippen LogP contribution < -0.4 is 0 Å². The molecule has 1 amide bonds. The molecule has 1 heterocycles. The summed E-state index contributed by atoms with van der Waals surface area (Å²) in [4.78, 5) is 26.0. The molecule has 0 N–H and O–H groups in total. The minimum atomic E-state index is -0.882. The standard InChI is InChI=1S/C18H15BrFNO3/c1-21(10-12-8-13(19)6-7-15(12)20)17(22)16-9-11-4-2-3-5-14(11)18(23)24-16/h2-8,16H,9-10H2,1H3. The van der Waals surface area contributed by atoms with Gasteiger partial charge in [0, 0.05) is 30.0 Å². The van der Waals surface area contributed by atoms with Crippen LogP contribution in [0.2, 0.25) is 0 Å². The summed E-state index contributed by atoms with van der Waals surface area (Å²) in [6.45, 7) is 0.0970. The van der Waals surface area contributed by atoms with Gasteiger partial charge in [-0.15, -0.1) is 0 Å². The second-order valence-corrected chi connectivity index (χ2v) is 6.60. The van der Waals surface area contributed by atoms with E-state index in [1.165, 1.54) is 11.0 Å². The van der Waals surface area contributed by atoms with Gasteiger partial charge in [-0.3, -0.25) is 4.79 Å². The maximum absolute atomic E-state index is 13.9. The maximum Gasteiger partial charge on any atom is 0.339 e. The monoisotopic (exact) mass is 391 g/mol. The van der Waals surface area contributed by atoms with Crippen molar-refractivity contribution in [2.75, 3.05) is 7.05 Å². The minimum absolute atomic E-state index is 0.0970. The van der Waals surface area contributed by atoms with E-state index in [2.05, 4.69) is 15.9 Å². The van der Waals surface area contributed by atoms with Crippen LogP contribution in [0.5, 0.6) is 0 Å². The molecule has 0 fully saturated rings. The number of amides is 1. The molecular weight excluding hydrogens is 377 g/mol. The summed E-state index contributed by atoms with van der Waals surface area (Å²) >= 11 is 3.29. The van der Waals surface area contributed by atoms with Crippen molar-refractivity contribution in [3.63, 3.8) is 0 Å². The number of likely N-dealkylation sites (N-methyl/N-ethyl adjacent to an activating group) is 1. The Balaban J connectivity index is 1.75. The Morgan fingerprint density at radius 2 is 2.08 bits per heavy atom. The molecule has 1 atom stereocenters. The number of carbonyl (C=O) groups is 2. The lowest BCUT2D eigenvalue weighted by Gasteiger charge is -2.27. The molecule has 2 aromatic rings. The number of fused-ring (bicyclic) bond motifs is 1. The Morgan fingerprint density at radius 1 is 1.33 bits per heavy atom. The first-order valence-corrected chi connectivity index (χ1v) is 8.23. The van der Waals surface area contributed by atoms with Crippen LogP contribution in [0.15, 0.2) is 46.9 Å². The van der Waals surface area contributed by atoms with Crippen LogP contribution in [-0.4, -0.2) is 29.9 Å². The lowest BCUT2D eigenvalue weighted by Crippen LogP contribution is -2.42. The number of rotatable bonds is 3. The first kappa shape index (κ1) is 16.6. The summed E-state index contributed by atoms with van der Waals surface area (Å²) < 4.78 is 19.8. The minimum Gasteiger partial charge on any atom is -0.448 e. The van der Waals surface area contributed by atoms with E-state index in [-0.39, 0.29) is 18.3 Å². The van der Waals surface area contributed by atoms with Crippen LogP contribution in [0.3, 0.4) is 0 Å². The molecule has 0 bridgehead atoms. The van der Waals surface area contributed by atoms with Crippen molar-refractivity contribution in [3.05, 3.63) is 69.4 Å². The number of carbonyl (C=O) groups excluding carboxylic acids is 2. The Morgan fingerprint density at radius 3 is 2.88 bits per heavy atom. The predicted octanol–water partition coefficient (Wildman–Crippen LogP) is 3.33. The van der Waals surface area contributed by atoms with Crippen molar-refractivity contribution >= 4 is 27.8 Å². The molecule has 6 heteroatoms. The van der Waals surface area contributed by atoms with E-state index >= 15 is 0 Å². The number of hydrogen-bond acceptors (Lipinski definition) is 3. The van der Waals surface area contributed by atoms with Gasteiger partial charge in [0.15, 0.2) is 6.10 Å². The van der Waals surface area contributed by atoms with E-state index in [0.29, 0.717) is 17.5 Å². The van der Waals surface area contributed by atoms with Gasteiger partial charge >= 0.3 is 5.97 Å². The molecule has 1 unspecified atom stereocenters. The van der Waals surface area contributed by atoms with E-state index in [1.54, 1.807) is 31.3 Å². The van der Waals surface area contributed by atoms with Gasteiger partial charge in [0.05, 0.1) is 5.56 Å². The van der Waals surface area contributed by atoms with Crippen molar-refractivity contribution in [2.24, 2.45) is 0 Å². The van der Waals surface area contributed by atoms with E-state index in [1.807, 2.05) is 12.1 Å². The molecule has 24 heavy (non-hydrogen) atoms. The molecule has 2 aromatic carbocycles. The number of esters is 1. The first-order valence-electron chi connectivity index (χ1n) is 7.43. The lowest BCUT2D eigenvalue weighted by molar-refractivity contribution is -0.140. The number of hydrogen-bond donors (Lipinski definition) is 0. The molecule has 124 valence electrons. The third-order valence-electron chi connectivity index (χ3n) is 3.96. The van der Waals surface area contributed by atoms with Gasteiger partial charge in [0.1, 0.15) is 5.82 Å². The number of cyclic esters (lactones) is 1. The molecule has 0 aromatic heterocycles. The van der Waals surface area contributed by atoms with Gasteiger partial charge in [-0.2, -0.15) is 0 Å². The van der Waals surface area contributed by atoms with Crippen molar-refractivity contribution in [2.45, 2.75) is 19.1 Å². The highest BCUT2D eigenvalue weighted by molar-refractivity contribution is 9.10. The molecule has 0 aliphatic carbocycles. The smallest absolute Gasteiger partial charge is 0.339 e. The predicted molar refractivity (Wildman–Crippen MR) is 89.9 cm³/mol. The zero-order valence-electron chi connectivity index (χ0n) is 13.0. The molecule has 1 aliphatic rings. The normalized spacial score (nSPS) is 16.3. The number of benzene rings is 2. The van der Waals surface area contributed by atoms with Crippen molar-refractivity contribution < 1.29 is 18.7 Å². The summed E-state index contributed by atoms with van der Waals surface area (Å²) in [7, 11) is 1.57. The van der Waals surface area contributed by atoms with Gasteiger partial charge in [0.25, 0.3) is 5.91 Å². The summed E-state index contributed by atoms with van der Waals surface area (Å²) in [6, 6.07) is 11.6. The molecule has 0 spiro atoms. The molecule has 3 rings (SSSR count). The van der Waals surface area contributed by atoms with Crippen LogP contribution in [0.25, 0.3) is 0 Å². The van der Waals surface area contributed by atoms with Crippen LogP contribution in [0.4, 0.5) is 4.39 Å². The fourth-order valence-electron chi connectivity index (χ4n) is 2.71. The van der Waals surface area contributed by atoms with E-state index in [0.717, 1.165) is 10.0 Å². The zero-order valence-corrected chi connectivity index (χ0v) is 14.5. The topological polar surface area (TPSA) is 46.6 Å². The zero-order chi connectivity index (χ0) is 17.3. The van der Waals surface area contributed by atoms with Gasteiger partial charge < -0.3 is 9.64 Å². The van der Waals surface area contributed by atoms with Crippen molar-refractivity contribution in [1.29, 1.82) is 0 Å². The van der Waals surface area contributed by atoms with E-state index < -0.39 is 12.1 Å². The Bertz CT molecular complexity index is 809. The fraction of sp³-hybridized carbons (Fsp3) is 0.222. The fourth-order valence-corrected chi connectivity index (χ4v) is 3.12. The first-order chi connectivity index (χ1) is 11.5. The molecule has 0 saturated heterocycles. The summed E-state index contributed by atoms with van der Waals surface area (Å²) in [5, 5.41) is 0. The van der Waals surface area contributed by atoms with Gasteiger partial charge in [-0.1, -0.05) is 34.1 Å². The van der Waals surface area contributed by atoms with Crippen LogP contribution in [-0.2, 0) is 22.5 Å². The van der Waals surface area contributed by atoms with Crippen LogP contribution >= 0.6 is 15.9 Å². The third kappa shape index (κ3) is 3.33. The van der Waals surface area contributed by atoms with Gasteiger partial charge in [-0.25, -0.2) is 9.18 Å². The maximum atomic E-state index is 13.9. The molecule has 4 nitrogen and oxygen atoms in total. The van der Waals surface area contributed by atoms with Gasteiger partial charge in [0.2, 0.25) is 0 Å². The van der Waals surface area contributed by atoms with Gasteiger partial charge in [-0.05, 0) is 29.8 Å². The Labute approximate surface area is 147 Å². The number of ether oxygens (including phenoxy) is 1. The second-order valence-electron chi connectivity index (χ2n) is 5.69. The molecule has 0 saturated carbocycles. The highest BCUT2D eigenvalue weighted by atomic mass is 79.9. The molecule has 0 radical (unpaired) electrons. The SMILES string of the molecule is CN(Cc1cc(Br)ccc1F)C(=O)C1Cc2ccccc2C(=O)O1. The van der Waals surface area contributed by atoms with Crippen LogP contribution in [0.1, 0.15) is 21.5 Å². The van der Waals surface area contributed by atoms with E-state index in [4.69, 9.17) is 4.74 Å². The highest BCUT2D eigenvalue weighted by Gasteiger charge is 2.32. The summed E-state index contributed by atoms with van der Waals surface area (Å²) in [5.74, 6) is -1.24. The summed E-state index contributed by atoms with van der Waals surface area (Å²) in [6.07, 6.45) is -0.556. The summed E-state index contributed by atoms with van der Waals surface area (Å²) in [5.41, 5.74) is 1.67. The highest BCUT2D eigenvalue weighted by Crippen LogP contribution is 2.22. The Hall–Kier alpha value is -2.21. The average Bonchev–Trinajstić information content (AvgIpc) is 2.57. The third-order valence-corrected chi connectivity index (χ3v) is 4.45. The quantitative estimate of drug-likeness (QED) is 0.753. The number of nitrogens with zero attached hydrogens (tertiary/aromatic N) is 1. The van der Waals surface area contributed by atoms with E-state index in [9.17, 15) is 14.0 Å². The molecular formula is C18H15BrFNO3. The average molecular weight is 392 g/mol. The Kier molecular flexibility index (Phi) is 4.66. The van der Waals surface area contributed by atoms with Crippen LogP contribution in [0, 0.1) is 5.82 Å². The van der Waals surface area contributed by atoms with Crippen molar-refractivity contribution in [1.82, 2.24) is 4.90 Å². The lowest BCUT2D eigenvalue weighted by atomic mass is 9.98. The number of halogens is 2. The van der Waals surface area contributed by atoms with Crippen molar-refractivity contribution in [3.8, 4) is 0 Å². The largest absolute Gasteiger partial charge is 0.448 e. The second kappa shape index (κ2) is 6.73. The molecule has 1 aliphatic heterocycles.